The summed E-state index contributed by atoms with van der Waals surface area (Å²) in [5.41, 5.74) is 4.87. The van der Waals surface area contributed by atoms with E-state index in [9.17, 15) is 27.7 Å². The van der Waals surface area contributed by atoms with Gasteiger partial charge >= 0.3 is 5.97 Å². The Bertz CT molecular complexity index is 1950. The number of aliphatic carboxylic acids is 1. The van der Waals surface area contributed by atoms with Crippen molar-refractivity contribution in [1.29, 1.82) is 0 Å². The summed E-state index contributed by atoms with van der Waals surface area (Å²) in [5, 5.41) is 11.6. The Labute approximate surface area is 275 Å². The van der Waals surface area contributed by atoms with Crippen molar-refractivity contribution in [3.8, 4) is 0 Å². The van der Waals surface area contributed by atoms with Crippen molar-refractivity contribution in [3.05, 3.63) is 102 Å². The number of benzene rings is 3. The van der Waals surface area contributed by atoms with Crippen molar-refractivity contribution < 1.29 is 37.0 Å². The van der Waals surface area contributed by atoms with Crippen LogP contribution < -0.4 is 4.90 Å². The first kappa shape index (κ1) is 33.8. The van der Waals surface area contributed by atoms with E-state index in [2.05, 4.69) is 54.8 Å². The number of anilines is 1. The number of ether oxygens (including phenoxy) is 1. The molecule has 2 heterocycles. The van der Waals surface area contributed by atoms with Crippen molar-refractivity contribution in [1.82, 2.24) is 0 Å². The molecule has 1 N–H and O–H groups in total. The summed E-state index contributed by atoms with van der Waals surface area (Å²) in [4.78, 5) is 23.7. The molecule has 0 amide bonds. The number of rotatable bonds is 13. The molecule has 0 atom stereocenters. The van der Waals surface area contributed by atoms with Gasteiger partial charge in [-0.1, -0.05) is 56.3 Å². The maximum Gasteiger partial charge on any atom is 0.303 e. The monoisotopic (exact) mass is 656 g/mol. The molecule has 9 nitrogen and oxygen atoms in total. The maximum atomic E-state index is 11.8. The third-order valence-corrected chi connectivity index (χ3v) is 9.95. The van der Waals surface area contributed by atoms with Gasteiger partial charge in [-0.15, -0.1) is 0 Å². The van der Waals surface area contributed by atoms with Crippen LogP contribution in [0.2, 0.25) is 0 Å². The molecule has 0 fully saturated rings. The molecule has 0 saturated heterocycles. The summed E-state index contributed by atoms with van der Waals surface area (Å²) < 4.78 is 42.7. The Balaban J connectivity index is 1.48. The zero-order valence-corrected chi connectivity index (χ0v) is 27.9. The number of allylic oxidation sites excluding steroid dienone is 6. The van der Waals surface area contributed by atoms with E-state index in [4.69, 9.17) is 4.74 Å². The van der Waals surface area contributed by atoms with E-state index in [1.54, 1.807) is 6.07 Å². The Morgan fingerprint density at radius 2 is 1.77 bits per heavy atom. The minimum absolute atomic E-state index is 0.00498. The van der Waals surface area contributed by atoms with Crippen LogP contribution in [-0.4, -0.2) is 60.5 Å². The Morgan fingerprint density at radius 1 is 1.00 bits per heavy atom. The third kappa shape index (κ3) is 6.66. The zero-order valence-electron chi connectivity index (χ0n) is 27.1. The number of carbonyl (C=O) groups is 2. The summed E-state index contributed by atoms with van der Waals surface area (Å²) in [5.74, 6) is -0.889. The van der Waals surface area contributed by atoms with Crippen molar-refractivity contribution in [2.24, 2.45) is 0 Å². The van der Waals surface area contributed by atoms with Gasteiger partial charge in [-0.2, -0.15) is 4.58 Å². The van der Waals surface area contributed by atoms with Gasteiger partial charge < -0.3 is 19.3 Å². The van der Waals surface area contributed by atoms with Gasteiger partial charge in [0.1, 0.15) is 10.1 Å². The molecule has 0 spiro atoms. The highest BCUT2D eigenvalue weighted by Crippen LogP contribution is 2.49. The van der Waals surface area contributed by atoms with Crippen LogP contribution in [0.3, 0.4) is 0 Å². The largest absolute Gasteiger partial charge is 0.744 e. The van der Waals surface area contributed by atoms with Crippen molar-refractivity contribution in [2.45, 2.75) is 62.7 Å². The molecule has 3 aromatic rings. The first-order valence-electron chi connectivity index (χ1n) is 15.7. The van der Waals surface area contributed by atoms with Crippen LogP contribution in [0.5, 0.6) is 0 Å². The van der Waals surface area contributed by atoms with E-state index in [-0.39, 0.29) is 16.7 Å². The summed E-state index contributed by atoms with van der Waals surface area (Å²) >= 11 is 0. The van der Waals surface area contributed by atoms with Gasteiger partial charge in [0, 0.05) is 53.9 Å². The highest BCUT2D eigenvalue weighted by molar-refractivity contribution is 7.85. The molecule has 0 aromatic heterocycles. The zero-order chi connectivity index (χ0) is 34.0. The number of fused-ring (bicyclic) bond motifs is 4. The number of nitrogens with zero attached hydrogens (tertiary/aromatic N) is 2. The lowest BCUT2D eigenvalue weighted by Crippen LogP contribution is -2.28. The maximum absolute atomic E-state index is 11.8. The number of carbonyl (C=O) groups excluding carboxylic acids is 1. The first-order valence-corrected chi connectivity index (χ1v) is 17.1. The van der Waals surface area contributed by atoms with Gasteiger partial charge in [-0.05, 0) is 66.9 Å². The molecular formula is C37H40N2O7S. The second-order valence-electron chi connectivity index (χ2n) is 12.9. The highest BCUT2D eigenvalue weighted by atomic mass is 32.2. The van der Waals surface area contributed by atoms with E-state index in [1.807, 2.05) is 49.1 Å². The Hall–Kier alpha value is -4.54. The molecule has 2 aliphatic rings. The Morgan fingerprint density at radius 3 is 2.49 bits per heavy atom. The third-order valence-electron chi connectivity index (χ3n) is 9.12. The van der Waals surface area contributed by atoms with Crippen molar-refractivity contribution in [3.63, 3.8) is 0 Å². The summed E-state index contributed by atoms with van der Waals surface area (Å²) in [7, 11) is -4.64. The SMILES string of the molecule is CC1(C)C(/C=C/C=C/C=C2/N(CCCC(=O)O)c3ccc(S(=O)(=O)[O-])cc3C2(C)C)=[N+](CCCOC=O)c2ccc3ccccc3c21. The smallest absolute Gasteiger partial charge is 0.303 e. The molecule has 3 aromatic carbocycles. The normalized spacial score (nSPS) is 17.6. The molecule has 0 radical (unpaired) electrons. The first-order chi connectivity index (χ1) is 22.3. The molecular weight excluding hydrogens is 616 g/mol. The molecule has 10 heteroatoms. The second-order valence-corrected chi connectivity index (χ2v) is 14.2. The van der Waals surface area contributed by atoms with Gasteiger partial charge in [0.25, 0.3) is 6.47 Å². The fourth-order valence-corrected chi connectivity index (χ4v) is 7.42. The molecule has 2 aliphatic heterocycles. The second kappa shape index (κ2) is 13.3. The van der Waals surface area contributed by atoms with Crippen LogP contribution >= 0.6 is 0 Å². The molecule has 47 heavy (non-hydrogen) atoms. The number of hydrogen-bond acceptors (Lipinski definition) is 7. The average molecular weight is 657 g/mol. The molecule has 0 saturated carbocycles. The quantitative estimate of drug-likeness (QED) is 0.0743. The molecule has 0 bridgehead atoms. The fraction of sp³-hybridized carbons (Fsp3) is 0.324. The van der Waals surface area contributed by atoms with E-state index in [0.717, 1.165) is 22.8 Å². The topological polar surface area (TPSA) is 127 Å². The Kier molecular flexibility index (Phi) is 9.56. The highest BCUT2D eigenvalue weighted by Gasteiger charge is 2.45. The molecule has 5 rings (SSSR count). The number of hydrogen-bond donors (Lipinski definition) is 1. The minimum atomic E-state index is -4.64. The van der Waals surface area contributed by atoms with Crippen LogP contribution in [0.1, 0.15) is 58.1 Å². The van der Waals surface area contributed by atoms with Crippen molar-refractivity contribution in [2.75, 3.05) is 24.6 Å². The average Bonchev–Trinajstić information content (AvgIpc) is 3.36. The van der Waals surface area contributed by atoms with Crippen LogP contribution in [0, 0.1) is 0 Å². The van der Waals surface area contributed by atoms with Gasteiger partial charge in [0.2, 0.25) is 5.69 Å². The van der Waals surface area contributed by atoms with E-state index in [1.165, 1.54) is 28.5 Å². The predicted octanol–water partition coefficient (Wildman–Crippen LogP) is 6.34. The van der Waals surface area contributed by atoms with Crippen molar-refractivity contribution >= 4 is 50.4 Å². The minimum Gasteiger partial charge on any atom is -0.744 e. The van der Waals surface area contributed by atoms with Crippen LogP contribution in [0.25, 0.3) is 10.8 Å². The molecule has 0 aliphatic carbocycles. The molecule has 246 valence electrons. The van der Waals surface area contributed by atoms with Gasteiger partial charge in [-0.3, -0.25) is 9.59 Å². The van der Waals surface area contributed by atoms with Gasteiger partial charge in [-0.25, -0.2) is 8.42 Å². The van der Waals surface area contributed by atoms with Gasteiger partial charge in [0.05, 0.1) is 16.9 Å². The predicted molar refractivity (Wildman–Crippen MR) is 181 cm³/mol. The van der Waals surface area contributed by atoms with E-state index < -0.39 is 21.5 Å². The lowest BCUT2D eigenvalue weighted by Gasteiger charge is -2.26. The standard InChI is InChI=1S/C37H40N2O7S/c1-36(2)29-24-27(47(43,44)45)18-20-30(29)38(21-10-16-34(41)42)32(36)14-6-5-7-15-33-37(3,4)35-28-13-9-8-12-26(28)17-19-31(35)39(33)22-11-23-46-25-40/h5-9,12-15,17-20,24-25H,10-11,16,21-23H2,1-4H3,(H-,41,42,43,44,45). The fourth-order valence-electron chi connectivity index (χ4n) is 6.93. The van der Waals surface area contributed by atoms with Crippen LogP contribution in [0.15, 0.2) is 95.6 Å². The van der Waals surface area contributed by atoms with Crippen LogP contribution in [0.4, 0.5) is 11.4 Å². The summed E-state index contributed by atoms with van der Waals surface area (Å²) in [6.07, 6.45) is 11.0. The number of carboxylic acids is 1. The lowest BCUT2D eigenvalue weighted by atomic mass is 9.79. The lowest BCUT2D eigenvalue weighted by molar-refractivity contribution is -0.438. The molecule has 0 unspecified atom stereocenters. The van der Waals surface area contributed by atoms with E-state index in [0.29, 0.717) is 44.6 Å². The number of carboxylic acid groups (broad SMARTS) is 1. The van der Waals surface area contributed by atoms with Gasteiger partial charge in [0.15, 0.2) is 12.3 Å². The van der Waals surface area contributed by atoms with E-state index >= 15 is 0 Å². The summed E-state index contributed by atoms with van der Waals surface area (Å²) in [6.45, 7) is 10.3. The summed E-state index contributed by atoms with van der Waals surface area (Å²) in [6, 6.07) is 17.0. The van der Waals surface area contributed by atoms with Crippen LogP contribution in [-0.2, 0) is 35.3 Å².